The Hall–Kier alpha value is -2.27. The van der Waals surface area contributed by atoms with E-state index in [0.717, 1.165) is 11.3 Å². The number of hydrogen-bond acceptors (Lipinski definition) is 2. The SMILES string of the molecule is COc1ccc(C(C)c2[c]c(C#N)ccc2)cc1. The molecule has 18 heavy (non-hydrogen) atoms. The topological polar surface area (TPSA) is 33.0 Å². The molecular weight excluding hydrogens is 222 g/mol. The van der Waals surface area contributed by atoms with Crippen molar-refractivity contribution in [2.24, 2.45) is 0 Å². The number of rotatable bonds is 3. The van der Waals surface area contributed by atoms with Gasteiger partial charge in [0, 0.05) is 12.0 Å². The van der Waals surface area contributed by atoms with Crippen LogP contribution in [0.25, 0.3) is 0 Å². The quantitative estimate of drug-likeness (QED) is 0.816. The van der Waals surface area contributed by atoms with Crippen molar-refractivity contribution in [1.82, 2.24) is 0 Å². The standard InChI is InChI=1S/C16H14NO/c1-12(14-6-8-16(18-2)9-7-14)15-5-3-4-13(10-15)11-17/h3-9,12H,1-2H3. The molecule has 0 heterocycles. The van der Waals surface area contributed by atoms with Gasteiger partial charge in [-0.25, -0.2) is 0 Å². The van der Waals surface area contributed by atoms with E-state index in [9.17, 15) is 0 Å². The molecule has 0 aliphatic rings. The summed E-state index contributed by atoms with van der Waals surface area (Å²) in [5.41, 5.74) is 2.79. The zero-order valence-electron chi connectivity index (χ0n) is 10.5. The van der Waals surface area contributed by atoms with Gasteiger partial charge in [-0.1, -0.05) is 31.2 Å². The van der Waals surface area contributed by atoms with Crippen molar-refractivity contribution in [2.75, 3.05) is 7.11 Å². The molecule has 0 spiro atoms. The van der Waals surface area contributed by atoms with Gasteiger partial charge in [0.25, 0.3) is 0 Å². The van der Waals surface area contributed by atoms with E-state index in [1.807, 2.05) is 36.4 Å². The minimum absolute atomic E-state index is 0.212. The van der Waals surface area contributed by atoms with Crippen LogP contribution in [0.2, 0.25) is 0 Å². The predicted molar refractivity (Wildman–Crippen MR) is 70.5 cm³/mol. The smallest absolute Gasteiger partial charge is 0.118 e. The first-order chi connectivity index (χ1) is 8.74. The van der Waals surface area contributed by atoms with E-state index in [-0.39, 0.29) is 5.92 Å². The Balaban J connectivity index is 2.29. The van der Waals surface area contributed by atoms with Gasteiger partial charge in [0.15, 0.2) is 0 Å². The van der Waals surface area contributed by atoms with Crippen LogP contribution in [0.1, 0.15) is 29.5 Å². The molecule has 0 aliphatic carbocycles. The van der Waals surface area contributed by atoms with Crippen molar-refractivity contribution >= 4 is 0 Å². The molecule has 0 N–H and O–H groups in total. The molecule has 89 valence electrons. The fraction of sp³-hybridized carbons (Fsp3) is 0.188. The highest BCUT2D eigenvalue weighted by Gasteiger charge is 2.09. The summed E-state index contributed by atoms with van der Waals surface area (Å²) in [7, 11) is 1.66. The molecule has 2 heteroatoms. The summed E-state index contributed by atoms with van der Waals surface area (Å²) in [5.74, 6) is 1.06. The van der Waals surface area contributed by atoms with Gasteiger partial charge in [-0.05, 0) is 29.3 Å². The van der Waals surface area contributed by atoms with Gasteiger partial charge in [-0.15, -0.1) is 0 Å². The molecule has 2 nitrogen and oxygen atoms in total. The van der Waals surface area contributed by atoms with Gasteiger partial charge in [0.05, 0.1) is 18.7 Å². The van der Waals surface area contributed by atoms with Crippen molar-refractivity contribution in [3.8, 4) is 11.8 Å². The van der Waals surface area contributed by atoms with E-state index in [1.54, 1.807) is 13.2 Å². The number of benzene rings is 2. The highest BCUT2D eigenvalue weighted by molar-refractivity contribution is 5.38. The summed E-state index contributed by atoms with van der Waals surface area (Å²) in [6.07, 6.45) is 0. The second kappa shape index (κ2) is 5.37. The third-order valence-electron chi connectivity index (χ3n) is 3.02. The first-order valence-corrected chi connectivity index (χ1v) is 5.81. The second-order valence-corrected chi connectivity index (χ2v) is 4.13. The van der Waals surface area contributed by atoms with Crippen molar-refractivity contribution in [3.05, 3.63) is 65.2 Å². The molecule has 0 bridgehead atoms. The minimum atomic E-state index is 0.212. The lowest BCUT2D eigenvalue weighted by molar-refractivity contribution is 0.414. The van der Waals surface area contributed by atoms with Crippen LogP contribution in [0, 0.1) is 17.4 Å². The van der Waals surface area contributed by atoms with Crippen LogP contribution in [0.4, 0.5) is 0 Å². The average molecular weight is 236 g/mol. The van der Waals surface area contributed by atoms with Crippen LogP contribution in [0.5, 0.6) is 5.75 Å². The Kier molecular flexibility index (Phi) is 3.64. The number of methoxy groups -OCH3 is 1. The largest absolute Gasteiger partial charge is 0.497 e. The van der Waals surface area contributed by atoms with Crippen LogP contribution in [-0.2, 0) is 0 Å². The van der Waals surface area contributed by atoms with E-state index in [4.69, 9.17) is 10.00 Å². The molecule has 0 fully saturated rings. The summed E-state index contributed by atoms with van der Waals surface area (Å²) < 4.78 is 5.14. The van der Waals surface area contributed by atoms with E-state index >= 15 is 0 Å². The van der Waals surface area contributed by atoms with Crippen molar-refractivity contribution in [1.29, 1.82) is 5.26 Å². The lowest BCUT2D eigenvalue weighted by atomic mass is 9.92. The summed E-state index contributed by atoms with van der Waals surface area (Å²) in [4.78, 5) is 0. The molecule has 1 radical (unpaired) electrons. The summed E-state index contributed by atoms with van der Waals surface area (Å²) in [6, 6.07) is 18.9. The summed E-state index contributed by atoms with van der Waals surface area (Å²) >= 11 is 0. The van der Waals surface area contributed by atoms with Crippen LogP contribution in [0.3, 0.4) is 0 Å². The van der Waals surface area contributed by atoms with Crippen LogP contribution in [-0.4, -0.2) is 7.11 Å². The molecule has 1 unspecified atom stereocenters. The minimum Gasteiger partial charge on any atom is -0.497 e. The number of nitriles is 1. The highest BCUT2D eigenvalue weighted by atomic mass is 16.5. The maximum atomic E-state index is 8.88. The van der Waals surface area contributed by atoms with Gasteiger partial charge >= 0.3 is 0 Å². The van der Waals surface area contributed by atoms with Crippen LogP contribution in [0.15, 0.2) is 42.5 Å². The lowest BCUT2D eigenvalue weighted by Crippen LogP contribution is -1.97. The monoisotopic (exact) mass is 236 g/mol. The zero-order valence-corrected chi connectivity index (χ0v) is 10.5. The first kappa shape index (κ1) is 12.2. The Bertz CT molecular complexity index is 566. The predicted octanol–water partition coefficient (Wildman–Crippen LogP) is 3.52. The van der Waals surface area contributed by atoms with Gasteiger partial charge in [-0.2, -0.15) is 5.26 Å². The highest BCUT2D eigenvalue weighted by Crippen LogP contribution is 2.25. The second-order valence-electron chi connectivity index (χ2n) is 4.13. The zero-order chi connectivity index (χ0) is 13.0. The van der Waals surface area contributed by atoms with Gasteiger partial charge in [0.2, 0.25) is 0 Å². The number of hydrogen-bond donors (Lipinski definition) is 0. The number of nitrogens with zero attached hydrogens (tertiary/aromatic N) is 1. The van der Waals surface area contributed by atoms with E-state index in [0.29, 0.717) is 5.56 Å². The van der Waals surface area contributed by atoms with Crippen molar-refractivity contribution in [2.45, 2.75) is 12.8 Å². The fourth-order valence-corrected chi connectivity index (χ4v) is 1.88. The lowest BCUT2D eigenvalue weighted by Gasteiger charge is -2.12. The fourth-order valence-electron chi connectivity index (χ4n) is 1.88. The molecule has 0 amide bonds. The molecular formula is C16H14NO. The Labute approximate surface area is 107 Å². The molecule has 2 rings (SSSR count). The first-order valence-electron chi connectivity index (χ1n) is 5.81. The Morgan fingerprint density at radius 2 is 1.89 bits per heavy atom. The maximum Gasteiger partial charge on any atom is 0.118 e. The molecule has 2 aromatic carbocycles. The molecule has 0 aliphatic heterocycles. The van der Waals surface area contributed by atoms with Crippen molar-refractivity contribution in [3.63, 3.8) is 0 Å². The van der Waals surface area contributed by atoms with Crippen LogP contribution >= 0.6 is 0 Å². The third-order valence-corrected chi connectivity index (χ3v) is 3.02. The molecule has 0 saturated heterocycles. The average Bonchev–Trinajstić information content (AvgIpc) is 2.46. The van der Waals surface area contributed by atoms with Crippen molar-refractivity contribution < 1.29 is 4.74 Å². The molecule has 2 aromatic rings. The van der Waals surface area contributed by atoms with Gasteiger partial charge < -0.3 is 4.74 Å². The Morgan fingerprint density at radius 3 is 2.50 bits per heavy atom. The van der Waals surface area contributed by atoms with E-state index in [2.05, 4.69) is 19.1 Å². The Morgan fingerprint density at radius 1 is 1.17 bits per heavy atom. The summed E-state index contributed by atoms with van der Waals surface area (Å²) in [5, 5.41) is 8.88. The molecule has 0 saturated carbocycles. The normalized spacial score (nSPS) is 11.6. The third kappa shape index (κ3) is 2.52. The molecule has 0 aromatic heterocycles. The van der Waals surface area contributed by atoms with E-state index in [1.165, 1.54) is 5.56 Å². The summed E-state index contributed by atoms with van der Waals surface area (Å²) in [6.45, 7) is 2.11. The molecule has 1 atom stereocenters. The van der Waals surface area contributed by atoms with E-state index < -0.39 is 0 Å². The van der Waals surface area contributed by atoms with Gasteiger partial charge in [-0.3, -0.25) is 0 Å². The maximum absolute atomic E-state index is 8.88. The number of ether oxygens (including phenoxy) is 1. The van der Waals surface area contributed by atoms with Gasteiger partial charge in [0.1, 0.15) is 5.75 Å². The van der Waals surface area contributed by atoms with Crippen LogP contribution < -0.4 is 4.74 Å².